The van der Waals surface area contributed by atoms with Gasteiger partial charge in [-0.2, -0.15) is 18.4 Å². The van der Waals surface area contributed by atoms with Crippen molar-refractivity contribution in [2.45, 2.75) is 78.3 Å². The maximum atomic E-state index is 13.6. The molecule has 0 bridgehead atoms. The molecule has 1 aliphatic carbocycles. The Hall–Kier alpha value is -3.40. The average Bonchev–Trinajstić information content (AvgIpc) is 3.19. The summed E-state index contributed by atoms with van der Waals surface area (Å²) < 4.78 is 39.2. The van der Waals surface area contributed by atoms with Crippen LogP contribution in [0.4, 0.5) is 13.2 Å². The first-order chi connectivity index (χ1) is 18.9. The maximum absolute atomic E-state index is 13.6. The van der Waals surface area contributed by atoms with Crippen molar-refractivity contribution in [3.8, 4) is 6.07 Å². The lowest BCUT2D eigenvalue weighted by Gasteiger charge is -2.37. The molecule has 3 N–H and O–H groups in total. The molecule has 0 aromatic carbocycles. The van der Waals surface area contributed by atoms with Crippen molar-refractivity contribution in [2.75, 3.05) is 20.1 Å². The van der Waals surface area contributed by atoms with Crippen LogP contribution in [0, 0.1) is 34.0 Å². The van der Waals surface area contributed by atoms with E-state index in [0.29, 0.717) is 18.5 Å². The number of aromatic nitrogens is 1. The fourth-order valence-electron chi connectivity index (χ4n) is 6.30. The number of likely N-dealkylation sites (tertiary alicyclic amines) is 1. The van der Waals surface area contributed by atoms with Crippen LogP contribution in [0.15, 0.2) is 10.9 Å². The summed E-state index contributed by atoms with van der Waals surface area (Å²) >= 11 is 0. The number of rotatable bonds is 6. The molecule has 5 atom stereocenters. The molecule has 2 aliphatic heterocycles. The Morgan fingerprint density at radius 2 is 1.88 bits per heavy atom. The first-order valence-corrected chi connectivity index (χ1v) is 13.7. The molecule has 2 fully saturated rings. The minimum absolute atomic E-state index is 0.0566. The van der Waals surface area contributed by atoms with Gasteiger partial charge in [-0.1, -0.05) is 34.6 Å². The zero-order chi connectivity index (χ0) is 30.7. The number of carbonyl (C=O) groups is 3. The van der Waals surface area contributed by atoms with Crippen molar-refractivity contribution in [3.05, 3.63) is 33.2 Å². The van der Waals surface area contributed by atoms with Crippen LogP contribution in [0.1, 0.15) is 51.4 Å². The lowest BCUT2D eigenvalue weighted by molar-refractivity contribution is -0.176. The van der Waals surface area contributed by atoms with Gasteiger partial charge in [0.15, 0.2) is 0 Å². The van der Waals surface area contributed by atoms with Crippen molar-refractivity contribution >= 4 is 17.7 Å². The number of hydrogen-bond acceptors (Lipinski definition) is 6. The Morgan fingerprint density at radius 1 is 1.22 bits per heavy atom. The molecule has 3 aliphatic rings. The third-order valence-corrected chi connectivity index (χ3v) is 8.78. The van der Waals surface area contributed by atoms with Crippen LogP contribution >= 0.6 is 0 Å². The number of aromatic amines is 1. The number of nitriles is 1. The van der Waals surface area contributed by atoms with E-state index in [0.717, 1.165) is 17.8 Å². The lowest BCUT2D eigenvalue weighted by Crippen LogP contribution is -2.61. The van der Waals surface area contributed by atoms with Crippen LogP contribution in [-0.2, 0) is 33.8 Å². The van der Waals surface area contributed by atoms with Crippen molar-refractivity contribution in [2.24, 2.45) is 22.7 Å². The molecule has 1 aromatic heterocycles. The smallest absolute Gasteiger partial charge is 0.338 e. The van der Waals surface area contributed by atoms with Crippen LogP contribution in [-0.4, -0.2) is 76.9 Å². The number of likely N-dealkylation sites (N-methyl/N-ethyl adjacent to an activating group) is 1. The number of pyridine rings is 1. The first kappa shape index (κ1) is 30.6. The molecular formula is C28H37F3N6O4. The number of halogens is 3. The van der Waals surface area contributed by atoms with Gasteiger partial charge in [0.05, 0.1) is 6.07 Å². The summed E-state index contributed by atoms with van der Waals surface area (Å²) in [6.45, 7) is 10.1. The van der Waals surface area contributed by atoms with Gasteiger partial charge in [-0.3, -0.25) is 19.2 Å². The summed E-state index contributed by atoms with van der Waals surface area (Å²) in [5.74, 6) is -3.98. The number of fused-ring (bicyclic) bond motifs is 2. The zero-order valence-corrected chi connectivity index (χ0v) is 24.1. The fraction of sp³-hybridized carbons (Fsp3) is 0.679. The molecule has 224 valence electrons. The minimum atomic E-state index is -5.18. The number of hydrogen-bond donors (Lipinski definition) is 3. The highest BCUT2D eigenvalue weighted by molar-refractivity contribution is 5.95. The van der Waals surface area contributed by atoms with Crippen LogP contribution in [0.5, 0.6) is 0 Å². The molecule has 3 heterocycles. The molecule has 13 heteroatoms. The van der Waals surface area contributed by atoms with Gasteiger partial charge in [0.1, 0.15) is 18.1 Å². The third-order valence-electron chi connectivity index (χ3n) is 8.78. The van der Waals surface area contributed by atoms with Crippen LogP contribution < -0.4 is 16.2 Å². The number of nitrogens with zero attached hydrogens (tertiary/aromatic N) is 3. The van der Waals surface area contributed by atoms with Gasteiger partial charge >= 0.3 is 12.1 Å². The second-order valence-electron chi connectivity index (χ2n) is 13.2. The van der Waals surface area contributed by atoms with Gasteiger partial charge in [0.25, 0.3) is 5.56 Å². The largest absolute Gasteiger partial charge is 0.471 e. The summed E-state index contributed by atoms with van der Waals surface area (Å²) in [4.78, 5) is 58.0. The average molecular weight is 579 g/mol. The van der Waals surface area contributed by atoms with Gasteiger partial charge in [-0.15, -0.1) is 0 Å². The Morgan fingerprint density at radius 3 is 2.46 bits per heavy atom. The number of amides is 3. The van der Waals surface area contributed by atoms with E-state index in [-0.39, 0.29) is 35.8 Å². The van der Waals surface area contributed by atoms with Gasteiger partial charge in [-0.25, -0.2) is 0 Å². The van der Waals surface area contributed by atoms with Crippen molar-refractivity contribution < 1.29 is 27.6 Å². The van der Waals surface area contributed by atoms with Gasteiger partial charge in [0.2, 0.25) is 11.8 Å². The predicted octanol–water partition coefficient (Wildman–Crippen LogP) is 1.49. The molecular weight excluding hydrogens is 541 g/mol. The molecule has 3 amide bonds. The van der Waals surface area contributed by atoms with E-state index in [9.17, 15) is 37.6 Å². The molecule has 41 heavy (non-hydrogen) atoms. The monoisotopic (exact) mass is 578 g/mol. The third kappa shape index (κ3) is 5.98. The van der Waals surface area contributed by atoms with E-state index < -0.39 is 47.4 Å². The summed E-state index contributed by atoms with van der Waals surface area (Å²) in [5, 5.41) is 14.3. The highest BCUT2D eigenvalue weighted by atomic mass is 19.4. The number of alkyl halides is 3. The molecule has 4 rings (SSSR count). The Bertz CT molecular complexity index is 1340. The van der Waals surface area contributed by atoms with Crippen molar-refractivity contribution in [1.82, 2.24) is 25.4 Å². The number of nitrogens with one attached hydrogen (secondary N) is 3. The molecule has 1 saturated heterocycles. The number of carbonyl (C=O) groups excluding carboxylic acids is 3. The SMILES string of the molecule is CN1CCc2[nH]c(=O)c(CC(C#N)NC(=O)[C@@H]3[C@H]4[C@H](CN3C(=O)[C@@H](NC(=O)C(F)(F)F)C(C)(C)C)C4(C)C)cc2C1. The summed E-state index contributed by atoms with van der Waals surface area (Å²) in [6, 6.07) is 0.121. The quantitative estimate of drug-likeness (QED) is 0.468. The van der Waals surface area contributed by atoms with E-state index in [2.05, 4.69) is 15.2 Å². The maximum Gasteiger partial charge on any atom is 0.471 e. The van der Waals surface area contributed by atoms with Gasteiger partial charge in [0, 0.05) is 43.7 Å². The zero-order valence-electron chi connectivity index (χ0n) is 24.1. The molecule has 10 nitrogen and oxygen atoms in total. The van der Waals surface area contributed by atoms with E-state index in [1.54, 1.807) is 6.07 Å². The first-order valence-electron chi connectivity index (χ1n) is 13.7. The van der Waals surface area contributed by atoms with Crippen LogP contribution in [0.2, 0.25) is 0 Å². The molecule has 0 spiro atoms. The number of piperidine rings is 1. The minimum Gasteiger partial charge on any atom is -0.338 e. The van der Waals surface area contributed by atoms with Crippen LogP contribution in [0.25, 0.3) is 0 Å². The lowest BCUT2D eigenvalue weighted by atomic mass is 9.85. The van der Waals surface area contributed by atoms with Crippen molar-refractivity contribution in [3.63, 3.8) is 0 Å². The molecule has 1 unspecified atom stereocenters. The topological polar surface area (TPSA) is 138 Å². The molecule has 1 aromatic rings. The van der Waals surface area contributed by atoms with Crippen LogP contribution in [0.3, 0.4) is 0 Å². The van der Waals surface area contributed by atoms with Gasteiger partial charge < -0.3 is 25.4 Å². The Kier molecular flexibility index (Phi) is 7.79. The van der Waals surface area contributed by atoms with E-state index >= 15 is 0 Å². The van der Waals surface area contributed by atoms with Gasteiger partial charge in [-0.05, 0) is 41.3 Å². The highest BCUT2D eigenvalue weighted by Gasteiger charge is 2.70. The van der Waals surface area contributed by atoms with E-state index in [1.165, 1.54) is 25.7 Å². The second kappa shape index (κ2) is 10.5. The highest BCUT2D eigenvalue weighted by Crippen LogP contribution is 2.65. The van der Waals surface area contributed by atoms with Crippen molar-refractivity contribution in [1.29, 1.82) is 5.26 Å². The standard InChI is InChI=1S/C28H37F3N6O4/c1-26(2,3)21(35-25(41)28(29,30)31)24(40)37-13-17-19(27(17,4)5)20(37)23(39)33-16(11-32)10-14-9-15-12-36(6)8-7-18(15)34-22(14)38/h9,16-17,19-21H,7-8,10,12-13H2,1-6H3,(H,33,39)(H,34,38)(H,35,41)/t16?,17-,19+,20-,21+/m0/s1. The second-order valence-corrected chi connectivity index (χ2v) is 13.2. The summed E-state index contributed by atoms with van der Waals surface area (Å²) in [6.07, 6.45) is -4.54. The molecule has 1 saturated carbocycles. The molecule has 0 radical (unpaired) electrons. The van der Waals surface area contributed by atoms with E-state index in [4.69, 9.17) is 0 Å². The number of H-pyrrole nitrogens is 1. The summed E-state index contributed by atoms with van der Waals surface area (Å²) in [5.41, 5.74) is 0.422. The fourth-order valence-corrected chi connectivity index (χ4v) is 6.30. The Labute approximate surface area is 236 Å². The predicted molar refractivity (Wildman–Crippen MR) is 142 cm³/mol. The Balaban J connectivity index is 1.55. The summed E-state index contributed by atoms with van der Waals surface area (Å²) in [7, 11) is 1.96. The van der Waals surface area contributed by atoms with E-state index in [1.807, 2.05) is 32.3 Å². The normalized spacial score (nSPS) is 24.9.